The summed E-state index contributed by atoms with van der Waals surface area (Å²) in [4.78, 5) is 0. The van der Waals surface area contributed by atoms with E-state index in [1.165, 1.54) is 12.1 Å². The Labute approximate surface area is 115 Å². The topological polar surface area (TPSA) is 38.0 Å². The average molecular weight is 283 g/mol. The summed E-state index contributed by atoms with van der Waals surface area (Å²) in [5.41, 5.74) is 4.27. The summed E-state index contributed by atoms with van der Waals surface area (Å²) in [6.45, 7) is 1.84. The average Bonchev–Trinajstić information content (AvgIpc) is 2.37. The molecule has 3 N–H and O–H groups in total. The molecule has 5 heteroatoms. The fraction of sp³-hybridized carbons (Fsp3) is 0.143. The van der Waals surface area contributed by atoms with Crippen LogP contribution in [-0.2, 0) is 0 Å². The zero-order valence-electron chi connectivity index (χ0n) is 10.3. The molecule has 0 radical (unpaired) electrons. The first kappa shape index (κ1) is 13.9. The quantitative estimate of drug-likeness (QED) is 0.668. The highest BCUT2D eigenvalue weighted by Crippen LogP contribution is 2.28. The van der Waals surface area contributed by atoms with Crippen molar-refractivity contribution in [2.45, 2.75) is 13.0 Å². The van der Waals surface area contributed by atoms with Crippen LogP contribution < -0.4 is 11.3 Å². The van der Waals surface area contributed by atoms with Gasteiger partial charge in [0.1, 0.15) is 0 Å². The van der Waals surface area contributed by atoms with Crippen molar-refractivity contribution >= 4 is 11.6 Å². The lowest BCUT2D eigenvalue weighted by molar-refractivity contribution is 0.482. The van der Waals surface area contributed by atoms with Crippen LogP contribution >= 0.6 is 11.6 Å². The predicted molar refractivity (Wildman–Crippen MR) is 71.7 cm³/mol. The molecule has 0 amide bonds. The molecule has 0 aromatic heterocycles. The van der Waals surface area contributed by atoms with Crippen molar-refractivity contribution < 1.29 is 8.78 Å². The third kappa shape index (κ3) is 2.76. The van der Waals surface area contributed by atoms with E-state index in [1.54, 1.807) is 18.2 Å². The van der Waals surface area contributed by atoms with Gasteiger partial charge in [-0.15, -0.1) is 0 Å². The molecule has 0 aliphatic heterocycles. The monoisotopic (exact) mass is 282 g/mol. The first-order chi connectivity index (χ1) is 9.04. The Morgan fingerprint density at radius 2 is 1.89 bits per heavy atom. The summed E-state index contributed by atoms with van der Waals surface area (Å²) in [7, 11) is 0. The van der Waals surface area contributed by atoms with Crippen LogP contribution in [0.2, 0.25) is 5.02 Å². The maximum absolute atomic E-state index is 13.8. The van der Waals surface area contributed by atoms with Gasteiger partial charge >= 0.3 is 0 Å². The smallest absolute Gasteiger partial charge is 0.163 e. The van der Waals surface area contributed by atoms with Gasteiger partial charge in [-0.1, -0.05) is 29.8 Å². The lowest BCUT2D eigenvalue weighted by Gasteiger charge is -2.20. The summed E-state index contributed by atoms with van der Waals surface area (Å²) >= 11 is 5.88. The van der Waals surface area contributed by atoms with Gasteiger partial charge in [0, 0.05) is 10.6 Å². The van der Waals surface area contributed by atoms with Crippen molar-refractivity contribution in [1.82, 2.24) is 5.43 Å². The van der Waals surface area contributed by atoms with E-state index in [0.29, 0.717) is 5.02 Å². The highest BCUT2D eigenvalue weighted by molar-refractivity contribution is 6.30. The Bertz CT molecular complexity index is 602. The Morgan fingerprint density at radius 3 is 2.53 bits per heavy atom. The van der Waals surface area contributed by atoms with Crippen LogP contribution in [0.25, 0.3) is 0 Å². The van der Waals surface area contributed by atoms with Crippen LogP contribution in [-0.4, -0.2) is 0 Å². The normalized spacial score (nSPS) is 12.5. The summed E-state index contributed by atoms with van der Waals surface area (Å²) in [5.74, 6) is 3.69. The Morgan fingerprint density at radius 1 is 1.16 bits per heavy atom. The summed E-state index contributed by atoms with van der Waals surface area (Å²) in [6.07, 6.45) is 0. The molecule has 2 rings (SSSR count). The van der Waals surface area contributed by atoms with Gasteiger partial charge in [-0.3, -0.25) is 5.84 Å². The number of halogens is 3. The van der Waals surface area contributed by atoms with E-state index in [0.717, 1.165) is 17.2 Å². The molecule has 0 saturated carbocycles. The standard InChI is InChI=1S/C14H13ClF2N2/c1-8-7-9(15)5-6-10(8)14(19-18)11-3-2-4-12(16)13(11)17/h2-7,14,19H,18H2,1H3. The lowest BCUT2D eigenvalue weighted by Crippen LogP contribution is -2.30. The fourth-order valence-electron chi connectivity index (χ4n) is 2.05. The molecule has 0 fully saturated rings. The molecule has 2 nitrogen and oxygen atoms in total. The predicted octanol–water partition coefficient (Wildman–Crippen LogP) is 3.48. The molecule has 0 bridgehead atoms. The van der Waals surface area contributed by atoms with E-state index in [2.05, 4.69) is 5.43 Å². The van der Waals surface area contributed by atoms with Crippen LogP contribution in [0, 0.1) is 18.6 Å². The van der Waals surface area contributed by atoms with Crippen molar-refractivity contribution in [3.8, 4) is 0 Å². The molecule has 0 aliphatic carbocycles. The number of nitrogens with two attached hydrogens (primary N) is 1. The van der Waals surface area contributed by atoms with Gasteiger partial charge in [-0.25, -0.2) is 14.2 Å². The molecule has 0 spiro atoms. The van der Waals surface area contributed by atoms with Crippen molar-refractivity contribution in [2.24, 2.45) is 5.84 Å². The summed E-state index contributed by atoms with van der Waals surface area (Å²) in [6, 6.07) is 8.56. The van der Waals surface area contributed by atoms with Gasteiger partial charge in [0.15, 0.2) is 11.6 Å². The molecule has 1 atom stereocenters. The second-order valence-corrected chi connectivity index (χ2v) is 4.68. The zero-order chi connectivity index (χ0) is 14.0. The highest BCUT2D eigenvalue weighted by atomic mass is 35.5. The molecule has 2 aromatic rings. The van der Waals surface area contributed by atoms with Crippen LogP contribution in [0.4, 0.5) is 8.78 Å². The molecule has 0 saturated heterocycles. The molecule has 0 aliphatic rings. The summed E-state index contributed by atoms with van der Waals surface area (Å²) in [5, 5.41) is 0.580. The van der Waals surface area contributed by atoms with Crippen molar-refractivity contribution in [3.05, 3.63) is 69.7 Å². The maximum atomic E-state index is 13.8. The highest BCUT2D eigenvalue weighted by Gasteiger charge is 2.20. The number of aryl methyl sites for hydroxylation is 1. The van der Waals surface area contributed by atoms with Gasteiger partial charge in [0.2, 0.25) is 0 Å². The van der Waals surface area contributed by atoms with E-state index in [-0.39, 0.29) is 5.56 Å². The third-order valence-corrected chi connectivity index (χ3v) is 3.24. The SMILES string of the molecule is Cc1cc(Cl)ccc1C(NN)c1cccc(F)c1F. The van der Waals surface area contributed by atoms with Crippen molar-refractivity contribution in [1.29, 1.82) is 0 Å². The fourth-order valence-corrected chi connectivity index (χ4v) is 2.28. The van der Waals surface area contributed by atoms with Crippen molar-refractivity contribution in [3.63, 3.8) is 0 Å². The largest absolute Gasteiger partial charge is 0.271 e. The molecule has 0 heterocycles. The van der Waals surface area contributed by atoms with Gasteiger partial charge < -0.3 is 0 Å². The van der Waals surface area contributed by atoms with Crippen LogP contribution in [0.3, 0.4) is 0 Å². The second kappa shape index (κ2) is 5.65. The number of hydrazine groups is 1. The first-order valence-electron chi connectivity index (χ1n) is 5.70. The minimum Gasteiger partial charge on any atom is -0.271 e. The number of rotatable bonds is 3. The van der Waals surface area contributed by atoms with E-state index >= 15 is 0 Å². The number of hydrogen-bond acceptors (Lipinski definition) is 2. The lowest BCUT2D eigenvalue weighted by atomic mass is 9.95. The van der Waals surface area contributed by atoms with Crippen LogP contribution in [0.1, 0.15) is 22.7 Å². The molecule has 2 aromatic carbocycles. The van der Waals surface area contributed by atoms with Gasteiger partial charge in [0.05, 0.1) is 6.04 Å². The third-order valence-electron chi connectivity index (χ3n) is 3.00. The Hall–Kier alpha value is -1.49. The number of hydrogen-bond donors (Lipinski definition) is 2. The van der Waals surface area contributed by atoms with Crippen molar-refractivity contribution in [2.75, 3.05) is 0 Å². The van der Waals surface area contributed by atoms with Crippen LogP contribution in [0.15, 0.2) is 36.4 Å². The van der Waals surface area contributed by atoms with Gasteiger partial charge in [-0.05, 0) is 36.2 Å². The van der Waals surface area contributed by atoms with E-state index < -0.39 is 17.7 Å². The number of nitrogens with one attached hydrogen (secondary N) is 1. The van der Waals surface area contributed by atoms with E-state index in [1.807, 2.05) is 6.92 Å². The molecular formula is C14H13ClF2N2. The Balaban J connectivity index is 2.53. The molecule has 100 valence electrons. The minimum absolute atomic E-state index is 0.160. The van der Waals surface area contributed by atoms with Gasteiger partial charge in [0.25, 0.3) is 0 Å². The molecule has 19 heavy (non-hydrogen) atoms. The minimum atomic E-state index is -0.903. The number of benzene rings is 2. The maximum Gasteiger partial charge on any atom is 0.163 e. The first-order valence-corrected chi connectivity index (χ1v) is 6.08. The zero-order valence-corrected chi connectivity index (χ0v) is 11.0. The molecular weight excluding hydrogens is 270 g/mol. The van der Waals surface area contributed by atoms with E-state index in [9.17, 15) is 8.78 Å². The molecule has 1 unspecified atom stereocenters. The second-order valence-electron chi connectivity index (χ2n) is 4.24. The van der Waals surface area contributed by atoms with Gasteiger partial charge in [-0.2, -0.15) is 0 Å². The summed E-state index contributed by atoms with van der Waals surface area (Å²) < 4.78 is 27.1. The Kier molecular flexibility index (Phi) is 4.14. The van der Waals surface area contributed by atoms with Crippen LogP contribution in [0.5, 0.6) is 0 Å². The van der Waals surface area contributed by atoms with E-state index in [4.69, 9.17) is 17.4 Å².